The van der Waals surface area contributed by atoms with E-state index in [2.05, 4.69) is 39.4 Å². The summed E-state index contributed by atoms with van der Waals surface area (Å²) in [5.41, 5.74) is 1.07. The second-order valence-electron chi connectivity index (χ2n) is 10.1. The average Bonchev–Trinajstić information content (AvgIpc) is 2.83. The molecule has 3 amide bonds. The van der Waals surface area contributed by atoms with Crippen LogP contribution in [0.3, 0.4) is 0 Å². The molecular formula is C27H40N6O4. The summed E-state index contributed by atoms with van der Waals surface area (Å²) >= 11 is 0. The van der Waals surface area contributed by atoms with Crippen molar-refractivity contribution in [1.29, 1.82) is 0 Å². The Morgan fingerprint density at radius 1 is 1.27 bits per heavy atom. The van der Waals surface area contributed by atoms with Crippen LogP contribution in [0.25, 0.3) is 0 Å². The van der Waals surface area contributed by atoms with E-state index in [9.17, 15) is 14.4 Å². The molecule has 0 unspecified atom stereocenters. The molecule has 10 nitrogen and oxygen atoms in total. The second-order valence-corrected chi connectivity index (χ2v) is 10.1. The predicted octanol–water partition coefficient (Wildman–Crippen LogP) is 4.26. The minimum Gasteiger partial charge on any atom is -0.444 e. The van der Waals surface area contributed by atoms with Crippen molar-refractivity contribution < 1.29 is 19.1 Å². The summed E-state index contributed by atoms with van der Waals surface area (Å²) in [6.45, 7) is 15.7. The zero-order valence-corrected chi connectivity index (χ0v) is 23.0. The van der Waals surface area contributed by atoms with Crippen molar-refractivity contribution in [3.63, 3.8) is 0 Å². The largest absolute Gasteiger partial charge is 0.444 e. The highest BCUT2D eigenvalue weighted by Gasteiger charge is 2.34. The fourth-order valence-corrected chi connectivity index (χ4v) is 3.96. The molecule has 0 radical (unpaired) electrons. The minimum atomic E-state index is -0.759. The zero-order valence-electron chi connectivity index (χ0n) is 23.0. The number of rotatable bonds is 7. The number of allylic oxidation sites excluding steroid dienone is 1. The lowest BCUT2D eigenvalue weighted by Crippen LogP contribution is -2.51. The van der Waals surface area contributed by atoms with Crippen LogP contribution in [0.15, 0.2) is 41.3 Å². The normalized spacial score (nSPS) is 18.4. The minimum absolute atomic E-state index is 0.257. The fraction of sp³-hybridized carbons (Fsp3) is 0.519. The Hall–Kier alpha value is -3.69. The quantitative estimate of drug-likeness (QED) is 0.370. The summed E-state index contributed by atoms with van der Waals surface area (Å²) in [6.07, 6.45) is 6.40. The number of amides is 3. The molecule has 0 spiro atoms. The van der Waals surface area contributed by atoms with Gasteiger partial charge in [-0.1, -0.05) is 20.4 Å². The number of aromatic nitrogens is 1. The van der Waals surface area contributed by atoms with E-state index in [0.717, 1.165) is 6.42 Å². The first-order chi connectivity index (χ1) is 17.4. The zero-order chi connectivity index (χ0) is 27.8. The Morgan fingerprint density at radius 2 is 1.97 bits per heavy atom. The van der Waals surface area contributed by atoms with Gasteiger partial charge in [-0.05, 0) is 76.2 Å². The molecule has 2 atom stereocenters. The average molecular weight is 513 g/mol. The number of nitrogens with zero attached hydrogens (tertiary/aromatic N) is 3. The SMILES string of the molecule is C=C(/C=N\C(=C/C)NC)[C@@H]1CC[C@@H](C)CN1C(=O)C(=O)Nc1cnc(NC(=O)OC(C)(C)C)c(CC)c1. The monoisotopic (exact) mass is 512 g/mol. The van der Waals surface area contributed by atoms with Gasteiger partial charge in [0, 0.05) is 19.8 Å². The van der Waals surface area contributed by atoms with Crippen molar-refractivity contribution in [1.82, 2.24) is 15.2 Å². The van der Waals surface area contributed by atoms with Gasteiger partial charge in [0.25, 0.3) is 0 Å². The lowest BCUT2D eigenvalue weighted by molar-refractivity contribution is -0.145. The molecule has 0 aliphatic carbocycles. The molecule has 3 N–H and O–H groups in total. The number of nitrogens with one attached hydrogen (secondary N) is 3. The molecular weight excluding hydrogens is 472 g/mol. The van der Waals surface area contributed by atoms with Crippen LogP contribution in [-0.2, 0) is 20.7 Å². The summed E-state index contributed by atoms with van der Waals surface area (Å²) in [4.78, 5) is 48.5. The Morgan fingerprint density at radius 3 is 2.57 bits per heavy atom. The van der Waals surface area contributed by atoms with Crippen LogP contribution in [0.1, 0.15) is 59.9 Å². The first-order valence-corrected chi connectivity index (χ1v) is 12.6. The number of carbonyl (C=O) groups excluding carboxylic acids is 3. The lowest BCUT2D eigenvalue weighted by Gasteiger charge is -2.38. The predicted molar refractivity (Wildman–Crippen MR) is 146 cm³/mol. The molecule has 0 bridgehead atoms. The summed E-state index contributed by atoms with van der Waals surface area (Å²) in [5, 5.41) is 8.26. The molecule has 1 aliphatic heterocycles. The second kappa shape index (κ2) is 13.0. The van der Waals surface area contributed by atoms with Crippen molar-refractivity contribution in [2.45, 2.75) is 72.4 Å². The van der Waals surface area contributed by atoms with Gasteiger partial charge in [-0.3, -0.25) is 14.9 Å². The standard InChI is InChI=1S/C27H40N6O4/c1-9-19-13-20(15-30-23(19)32-26(36)37-27(5,6)7)31-24(34)25(35)33-16-17(3)11-12-21(33)18(4)14-29-22(10-2)28-8/h10,13-15,17,21,28H,4,9,11-12,16H2,1-3,5-8H3,(H,31,34)(H,30,32,36)/b22-10-,29-14-/t17-,21+/m1/s1. The number of aryl methyl sites for hydroxylation is 1. The maximum Gasteiger partial charge on any atom is 0.413 e. The number of anilines is 2. The first-order valence-electron chi connectivity index (χ1n) is 12.6. The Kier molecular flexibility index (Phi) is 10.4. The number of aliphatic imine (C=N–C) groups is 1. The number of hydrogen-bond donors (Lipinski definition) is 3. The highest BCUT2D eigenvalue weighted by atomic mass is 16.6. The van der Waals surface area contributed by atoms with Gasteiger partial charge in [-0.2, -0.15) is 0 Å². The molecule has 202 valence electrons. The highest BCUT2D eigenvalue weighted by Crippen LogP contribution is 2.26. The molecule has 2 heterocycles. The van der Waals surface area contributed by atoms with E-state index in [1.807, 2.05) is 19.9 Å². The van der Waals surface area contributed by atoms with Crippen molar-refractivity contribution in [3.05, 3.63) is 41.9 Å². The van der Waals surface area contributed by atoms with Crippen molar-refractivity contribution in [2.75, 3.05) is 24.2 Å². The third-order valence-electron chi connectivity index (χ3n) is 5.82. The van der Waals surface area contributed by atoms with Gasteiger partial charge in [-0.15, -0.1) is 0 Å². The molecule has 2 rings (SSSR count). The maximum absolute atomic E-state index is 13.2. The van der Waals surface area contributed by atoms with Crippen LogP contribution >= 0.6 is 0 Å². The summed E-state index contributed by atoms with van der Waals surface area (Å²) in [7, 11) is 1.77. The number of likely N-dealkylation sites (tertiary alicyclic amines) is 1. The molecule has 0 aromatic carbocycles. The van der Waals surface area contributed by atoms with E-state index in [-0.39, 0.29) is 12.0 Å². The van der Waals surface area contributed by atoms with Crippen LogP contribution in [0.2, 0.25) is 0 Å². The molecule has 1 saturated heterocycles. The van der Waals surface area contributed by atoms with Crippen molar-refractivity contribution >= 4 is 35.6 Å². The third kappa shape index (κ3) is 8.73. The van der Waals surface area contributed by atoms with E-state index < -0.39 is 23.5 Å². The summed E-state index contributed by atoms with van der Waals surface area (Å²) in [5.74, 6) is -0.119. The molecule has 0 saturated carbocycles. The van der Waals surface area contributed by atoms with Crippen LogP contribution in [0, 0.1) is 5.92 Å². The van der Waals surface area contributed by atoms with Crippen molar-refractivity contribution in [3.8, 4) is 0 Å². The molecule has 10 heteroatoms. The number of ether oxygens (including phenoxy) is 1. The number of piperidine rings is 1. The third-order valence-corrected chi connectivity index (χ3v) is 5.82. The Labute approximate surface area is 219 Å². The number of pyridine rings is 1. The van der Waals surface area contributed by atoms with Crippen molar-refractivity contribution in [2.24, 2.45) is 10.9 Å². The Bertz CT molecular complexity index is 1070. The van der Waals surface area contributed by atoms with E-state index in [1.54, 1.807) is 45.0 Å². The van der Waals surface area contributed by atoms with Gasteiger partial charge in [0.15, 0.2) is 0 Å². The van der Waals surface area contributed by atoms with E-state index >= 15 is 0 Å². The van der Waals surface area contributed by atoms with Gasteiger partial charge < -0.3 is 20.3 Å². The summed E-state index contributed by atoms with van der Waals surface area (Å²) < 4.78 is 5.28. The lowest BCUT2D eigenvalue weighted by atomic mass is 9.90. The van der Waals surface area contributed by atoms with Gasteiger partial charge in [0.05, 0.1) is 17.9 Å². The molecule has 1 aromatic heterocycles. The van der Waals surface area contributed by atoms with Gasteiger partial charge in [0.2, 0.25) is 0 Å². The van der Waals surface area contributed by atoms with Crippen LogP contribution in [0.5, 0.6) is 0 Å². The fourth-order valence-electron chi connectivity index (χ4n) is 3.96. The van der Waals surface area contributed by atoms with E-state index in [4.69, 9.17) is 4.74 Å². The van der Waals surface area contributed by atoms with Crippen LogP contribution in [0.4, 0.5) is 16.3 Å². The first kappa shape index (κ1) is 29.5. The van der Waals surface area contributed by atoms with Crippen LogP contribution in [-0.4, -0.2) is 59.2 Å². The van der Waals surface area contributed by atoms with E-state index in [0.29, 0.717) is 47.8 Å². The molecule has 1 aliphatic rings. The van der Waals surface area contributed by atoms with E-state index in [1.165, 1.54) is 6.20 Å². The molecule has 1 fully saturated rings. The topological polar surface area (TPSA) is 125 Å². The molecule has 37 heavy (non-hydrogen) atoms. The van der Waals surface area contributed by atoms with Gasteiger partial charge >= 0.3 is 17.9 Å². The van der Waals surface area contributed by atoms with Crippen LogP contribution < -0.4 is 16.0 Å². The number of hydrogen-bond acceptors (Lipinski definition) is 7. The van der Waals surface area contributed by atoms with Gasteiger partial charge in [0.1, 0.15) is 17.2 Å². The highest BCUT2D eigenvalue weighted by molar-refractivity contribution is 6.39. The summed E-state index contributed by atoms with van der Waals surface area (Å²) in [6, 6.07) is 1.36. The molecule has 1 aromatic rings. The maximum atomic E-state index is 13.2. The van der Waals surface area contributed by atoms with Gasteiger partial charge in [-0.25, -0.2) is 14.8 Å². The smallest absolute Gasteiger partial charge is 0.413 e. The number of carbonyl (C=O) groups is 3. The Balaban J connectivity index is 2.15.